The minimum Gasteiger partial charge on any atom is -0.296 e. The van der Waals surface area contributed by atoms with Crippen molar-refractivity contribution in [3.8, 4) is 0 Å². The Morgan fingerprint density at radius 3 is 2.60 bits per heavy atom. The molecule has 1 aromatic rings. The highest BCUT2D eigenvalue weighted by atomic mass is 15.2. The fraction of sp³-hybridized carbons (Fsp3) is 0.462. The van der Waals surface area contributed by atoms with Crippen LogP contribution in [0.4, 0.5) is 0 Å². The van der Waals surface area contributed by atoms with E-state index < -0.39 is 0 Å². The van der Waals surface area contributed by atoms with Gasteiger partial charge in [-0.25, -0.2) is 0 Å². The third-order valence-electron chi connectivity index (χ3n) is 3.35. The smallest absolute Gasteiger partial charge is 0.0273 e. The Kier molecular flexibility index (Phi) is 2.29. The second-order valence-electron chi connectivity index (χ2n) is 4.44. The Morgan fingerprint density at radius 2 is 2.00 bits per heavy atom. The maximum absolute atomic E-state index is 4.06. The van der Waals surface area contributed by atoms with E-state index >= 15 is 0 Å². The van der Waals surface area contributed by atoms with Gasteiger partial charge in [-0.15, -0.1) is 0 Å². The molecule has 0 N–H and O–H groups in total. The van der Waals surface area contributed by atoms with E-state index in [1.54, 1.807) is 0 Å². The summed E-state index contributed by atoms with van der Waals surface area (Å²) in [5.41, 5.74) is 2.84. The summed E-state index contributed by atoms with van der Waals surface area (Å²) >= 11 is 0. The van der Waals surface area contributed by atoms with Crippen molar-refractivity contribution in [1.82, 2.24) is 9.88 Å². The van der Waals surface area contributed by atoms with E-state index in [9.17, 15) is 0 Å². The van der Waals surface area contributed by atoms with Gasteiger partial charge in [-0.05, 0) is 42.5 Å². The highest BCUT2D eigenvalue weighted by molar-refractivity contribution is 5.66. The Bertz CT molecular complexity index is 365. The molecule has 0 atom stereocenters. The summed E-state index contributed by atoms with van der Waals surface area (Å²) in [5.74, 6) is 0. The van der Waals surface area contributed by atoms with E-state index in [1.807, 2.05) is 12.4 Å². The predicted molar refractivity (Wildman–Crippen MR) is 61.4 cm³/mol. The molecule has 2 heteroatoms. The highest BCUT2D eigenvalue weighted by Crippen LogP contribution is 2.31. The van der Waals surface area contributed by atoms with E-state index in [1.165, 1.54) is 36.9 Å². The van der Waals surface area contributed by atoms with Crippen LogP contribution in [-0.4, -0.2) is 29.0 Å². The molecule has 1 saturated carbocycles. The van der Waals surface area contributed by atoms with Crippen molar-refractivity contribution in [2.45, 2.75) is 25.3 Å². The lowest BCUT2D eigenvalue weighted by Gasteiger charge is -2.26. The minimum atomic E-state index is 0.903. The molecule has 0 unspecified atom stereocenters. The lowest BCUT2D eigenvalue weighted by Crippen LogP contribution is -2.30. The SMILES string of the molecule is C1=C(c2ccncc2)CCN(C2CC2)C1. The molecule has 0 spiro atoms. The molecule has 1 aromatic heterocycles. The molecule has 78 valence electrons. The van der Waals surface area contributed by atoms with Crippen LogP contribution in [0.15, 0.2) is 30.6 Å². The van der Waals surface area contributed by atoms with Crippen LogP contribution < -0.4 is 0 Å². The molecule has 2 heterocycles. The quantitative estimate of drug-likeness (QED) is 0.728. The van der Waals surface area contributed by atoms with E-state index in [0.717, 1.165) is 12.6 Å². The molecule has 1 aliphatic carbocycles. The average molecular weight is 200 g/mol. The van der Waals surface area contributed by atoms with Crippen LogP contribution in [0.3, 0.4) is 0 Å². The average Bonchev–Trinajstić information content (AvgIpc) is 3.15. The zero-order valence-corrected chi connectivity index (χ0v) is 8.89. The number of pyridine rings is 1. The van der Waals surface area contributed by atoms with Crippen LogP contribution in [-0.2, 0) is 0 Å². The van der Waals surface area contributed by atoms with Crippen molar-refractivity contribution in [3.63, 3.8) is 0 Å². The number of nitrogens with zero attached hydrogens (tertiary/aromatic N) is 2. The van der Waals surface area contributed by atoms with Gasteiger partial charge in [-0.2, -0.15) is 0 Å². The Hall–Kier alpha value is -1.15. The number of rotatable bonds is 2. The molecule has 0 radical (unpaired) electrons. The lowest BCUT2D eigenvalue weighted by atomic mass is 10.0. The van der Waals surface area contributed by atoms with Crippen LogP contribution in [0, 0.1) is 0 Å². The summed E-state index contributed by atoms with van der Waals surface area (Å²) < 4.78 is 0. The first-order valence-electron chi connectivity index (χ1n) is 5.77. The van der Waals surface area contributed by atoms with Crippen LogP contribution >= 0.6 is 0 Å². The zero-order valence-electron chi connectivity index (χ0n) is 8.89. The Morgan fingerprint density at radius 1 is 1.20 bits per heavy atom. The maximum atomic E-state index is 4.06. The van der Waals surface area contributed by atoms with Crippen molar-refractivity contribution in [2.75, 3.05) is 13.1 Å². The summed E-state index contributed by atoms with van der Waals surface area (Å²) in [6.45, 7) is 2.38. The van der Waals surface area contributed by atoms with Crippen molar-refractivity contribution in [2.24, 2.45) is 0 Å². The van der Waals surface area contributed by atoms with Gasteiger partial charge in [-0.3, -0.25) is 9.88 Å². The van der Waals surface area contributed by atoms with E-state index in [4.69, 9.17) is 0 Å². The van der Waals surface area contributed by atoms with Crippen LogP contribution in [0.5, 0.6) is 0 Å². The molecule has 0 aromatic carbocycles. The summed E-state index contributed by atoms with van der Waals surface area (Å²) in [4.78, 5) is 6.66. The molecular weight excluding hydrogens is 184 g/mol. The maximum Gasteiger partial charge on any atom is 0.0273 e. The van der Waals surface area contributed by atoms with Gasteiger partial charge in [0.1, 0.15) is 0 Å². The number of aromatic nitrogens is 1. The fourth-order valence-corrected chi connectivity index (χ4v) is 2.28. The largest absolute Gasteiger partial charge is 0.296 e. The second kappa shape index (κ2) is 3.78. The number of hydrogen-bond donors (Lipinski definition) is 0. The molecule has 0 bridgehead atoms. The molecule has 0 amide bonds. The zero-order chi connectivity index (χ0) is 10.1. The topological polar surface area (TPSA) is 16.1 Å². The van der Waals surface area contributed by atoms with E-state index in [-0.39, 0.29) is 0 Å². The first-order valence-corrected chi connectivity index (χ1v) is 5.77. The third-order valence-corrected chi connectivity index (χ3v) is 3.35. The van der Waals surface area contributed by atoms with E-state index in [0.29, 0.717) is 0 Å². The first-order chi connectivity index (χ1) is 7.43. The molecule has 1 aliphatic heterocycles. The highest BCUT2D eigenvalue weighted by Gasteiger charge is 2.29. The molecular formula is C13H16N2. The fourth-order valence-electron chi connectivity index (χ4n) is 2.28. The van der Waals surface area contributed by atoms with Gasteiger partial charge in [0.2, 0.25) is 0 Å². The van der Waals surface area contributed by atoms with Crippen molar-refractivity contribution in [3.05, 3.63) is 36.2 Å². The molecule has 2 nitrogen and oxygen atoms in total. The molecule has 3 rings (SSSR count). The lowest BCUT2D eigenvalue weighted by molar-refractivity contribution is 0.291. The van der Waals surface area contributed by atoms with Crippen LogP contribution in [0.1, 0.15) is 24.8 Å². The van der Waals surface area contributed by atoms with Gasteiger partial charge in [-0.1, -0.05) is 6.08 Å². The van der Waals surface area contributed by atoms with Crippen molar-refractivity contribution < 1.29 is 0 Å². The van der Waals surface area contributed by atoms with Gasteiger partial charge >= 0.3 is 0 Å². The first kappa shape index (κ1) is 9.10. The van der Waals surface area contributed by atoms with E-state index in [2.05, 4.69) is 28.1 Å². The number of hydrogen-bond acceptors (Lipinski definition) is 2. The van der Waals surface area contributed by atoms with Gasteiger partial charge in [0.25, 0.3) is 0 Å². The van der Waals surface area contributed by atoms with Crippen LogP contribution in [0.25, 0.3) is 5.57 Å². The minimum absolute atomic E-state index is 0.903. The second-order valence-corrected chi connectivity index (χ2v) is 4.44. The van der Waals surface area contributed by atoms with Crippen molar-refractivity contribution in [1.29, 1.82) is 0 Å². The Labute approximate surface area is 90.6 Å². The van der Waals surface area contributed by atoms with Gasteiger partial charge in [0, 0.05) is 31.5 Å². The third kappa shape index (κ3) is 1.95. The molecule has 2 aliphatic rings. The summed E-state index contributed by atoms with van der Waals surface area (Å²) in [7, 11) is 0. The van der Waals surface area contributed by atoms with Gasteiger partial charge in [0.05, 0.1) is 0 Å². The monoisotopic (exact) mass is 200 g/mol. The normalized spacial score (nSPS) is 22.5. The standard InChI is InChI=1S/C13H16N2/c1-2-13(1)15-9-5-12(6-10-15)11-3-7-14-8-4-11/h3-5,7-8,13H,1-2,6,9-10H2. The van der Waals surface area contributed by atoms with Gasteiger partial charge < -0.3 is 0 Å². The van der Waals surface area contributed by atoms with Crippen LogP contribution in [0.2, 0.25) is 0 Å². The predicted octanol–water partition coefficient (Wildman–Crippen LogP) is 2.33. The molecule has 1 fully saturated rings. The van der Waals surface area contributed by atoms with Gasteiger partial charge in [0.15, 0.2) is 0 Å². The summed E-state index contributed by atoms with van der Waals surface area (Å²) in [6, 6.07) is 5.12. The Balaban J connectivity index is 1.73. The summed E-state index contributed by atoms with van der Waals surface area (Å²) in [5, 5.41) is 0. The summed E-state index contributed by atoms with van der Waals surface area (Å²) in [6.07, 6.45) is 10.2. The van der Waals surface area contributed by atoms with Crippen molar-refractivity contribution >= 4 is 5.57 Å². The molecule has 15 heavy (non-hydrogen) atoms. The molecule has 0 saturated heterocycles.